The SMILES string of the molecule is C#CCC1(OCC=C)CCN(C(=O)OCc2ccccc2)C1. The second-order valence-electron chi connectivity index (χ2n) is 5.38. The van der Waals surface area contributed by atoms with Gasteiger partial charge in [-0.15, -0.1) is 18.9 Å². The average Bonchev–Trinajstić information content (AvgIpc) is 2.97. The van der Waals surface area contributed by atoms with Gasteiger partial charge < -0.3 is 14.4 Å². The van der Waals surface area contributed by atoms with Gasteiger partial charge in [-0.3, -0.25) is 0 Å². The van der Waals surface area contributed by atoms with Gasteiger partial charge in [0.15, 0.2) is 0 Å². The maximum absolute atomic E-state index is 12.2. The van der Waals surface area contributed by atoms with Crippen LogP contribution in [0.15, 0.2) is 43.0 Å². The molecule has 0 spiro atoms. The fourth-order valence-electron chi connectivity index (χ4n) is 2.55. The van der Waals surface area contributed by atoms with Crippen molar-refractivity contribution in [2.24, 2.45) is 0 Å². The van der Waals surface area contributed by atoms with E-state index in [9.17, 15) is 4.79 Å². The van der Waals surface area contributed by atoms with E-state index in [1.54, 1.807) is 11.0 Å². The number of ether oxygens (including phenoxy) is 2. The maximum atomic E-state index is 12.2. The fraction of sp³-hybridized carbons (Fsp3) is 0.389. The molecule has 1 aromatic carbocycles. The fourth-order valence-corrected chi connectivity index (χ4v) is 2.55. The van der Waals surface area contributed by atoms with E-state index in [0.717, 1.165) is 5.56 Å². The summed E-state index contributed by atoms with van der Waals surface area (Å²) in [6, 6.07) is 9.61. The van der Waals surface area contributed by atoms with Crippen LogP contribution in [0.5, 0.6) is 0 Å². The number of rotatable bonds is 6. The summed E-state index contributed by atoms with van der Waals surface area (Å²) in [5, 5.41) is 0. The first kappa shape index (κ1) is 16.1. The zero-order chi connectivity index (χ0) is 15.8. The Bertz CT molecular complexity index is 549. The number of nitrogens with zero attached hydrogens (tertiary/aromatic N) is 1. The Morgan fingerprint density at radius 3 is 2.91 bits per heavy atom. The Balaban J connectivity index is 1.89. The van der Waals surface area contributed by atoms with Crippen LogP contribution in [0.4, 0.5) is 4.79 Å². The molecule has 4 heteroatoms. The number of likely N-dealkylation sites (tertiary alicyclic amines) is 1. The van der Waals surface area contributed by atoms with Gasteiger partial charge in [0.2, 0.25) is 0 Å². The average molecular weight is 299 g/mol. The molecule has 0 bridgehead atoms. The van der Waals surface area contributed by atoms with E-state index >= 15 is 0 Å². The lowest BCUT2D eigenvalue weighted by Crippen LogP contribution is -2.38. The first-order valence-electron chi connectivity index (χ1n) is 7.33. The second-order valence-corrected chi connectivity index (χ2v) is 5.38. The molecule has 4 nitrogen and oxygen atoms in total. The molecule has 1 unspecified atom stereocenters. The molecule has 1 saturated heterocycles. The van der Waals surface area contributed by atoms with Crippen LogP contribution >= 0.6 is 0 Å². The molecule has 0 aromatic heterocycles. The topological polar surface area (TPSA) is 38.8 Å². The minimum atomic E-state index is -0.477. The Morgan fingerprint density at radius 1 is 1.45 bits per heavy atom. The molecular formula is C18H21NO3. The van der Waals surface area contributed by atoms with Crippen LogP contribution in [-0.2, 0) is 16.1 Å². The molecular weight excluding hydrogens is 278 g/mol. The van der Waals surface area contributed by atoms with Crippen LogP contribution in [0.2, 0.25) is 0 Å². The van der Waals surface area contributed by atoms with Crippen LogP contribution in [-0.4, -0.2) is 36.3 Å². The lowest BCUT2D eigenvalue weighted by molar-refractivity contribution is -0.0188. The number of terminal acetylenes is 1. The monoisotopic (exact) mass is 299 g/mol. The molecule has 116 valence electrons. The molecule has 1 aliphatic rings. The Labute approximate surface area is 131 Å². The summed E-state index contributed by atoms with van der Waals surface area (Å²) >= 11 is 0. The highest BCUT2D eigenvalue weighted by molar-refractivity contribution is 5.68. The van der Waals surface area contributed by atoms with Crippen molar-refractivity contribution < 1.29 is 14.3 Å². The highest BCUT2D eigenvalue weighted by Crippen LogP contribution is 2.29. The first-order chi connectivity index (χ1) is 10.7. The summed E-state index contributed by atoms with van der Waals surface area (Å²) in [6.07, 6.45) is 7.98. The van der Waals surface area contributed by atoms with Gasteiger partial charge in [0.1, 0.15) is 6.61 Å². The van der Waals surface area contributed by atoms with Crippen LogP contribution in [0.25, 0.3) is 0 Å². The largest absolute Gasteiger partial charge is 0.445 e. The first-order valence-corrected chi connectivity index (χ1v) is 7.33. The number of carbonyl (C=O) groups excluding carboxylic acids is 1. The Hall–Kier alpha value is -2.25. The standard InChI is InChI=1S/C18H21NO3/c1-3-10-18(22-13-4-2)11-12-19(15-18)17(20)21-14-16-8-6-5-7-9-16/h1,4-9H,2,10-15H2. The third kappa shape index (κ3) is 4.12. The smallest absolute Gasteiger partial charge is 0.410 e. The quantitative estimate of drug-likeness (QED) is 0.599. The van der Waals surface area contributed by atoms with Gasteiger partial charge in [0.05, 0.1) is 18.8 Å². The van der Waals surface area contributed by atoms with Crippen molar-refractivity contribution in [1.29, 1.82) is 0 Å². The molecule has 1 aromatic rings. The molecule has 1 heterocycles. The van der Waals surface area contributed by atoms with Gasteiger partial charge in [-0.1, -0.05) is 36.4 Å². The molecule has 0 saturated carbocycles. The molecule has 0 N–H and O–H groups in total. The highest BCUT2D eigenvalue weighted by Gasteiger charge is 2.40. The van der Waals surface area contributed by atoms with E-state index in [0.29, 0.717) is 32.5 Å². The molecule has 1 aliphatic heterocycles. The maximum Gasteiger partial charge on any atom is 0.410 e. The third-order valence-corrected chi connectivity index (χ3v) is 3.71. The van der Waals surface area contributed by atoms with Gasteiger partial charge in [-0.2, -0.15) is 0 Å². The van der Waals surface area contributed by atoms with Crippen molar-refractivity contribution in [2.75, 3.05) is 19.7 Å². The van der Waals surface area contributed by atoms with Crippen LogP contribution in [0.1, 0.15) is 18.4 Å². The van der Waals surface area contributed by atoms with Crippen LogP contribution < -0.4 is 0 Å². The highest BCUT2D eigenvalue weighted by atomic mass is 16.6. The second kappa shape index (κ2) is 7.67. The van der Waals surface area contributed by atoms with Crippen molar-refractivity contribution in [3.05, 3.63) is 48.6 Å². The van der Waals surface area contributed by atoms with E-state index < -0.39 is 5.60 Å². The molecule has 1 atom stereocenters. The lowest BCUT2D eigenvalue weighted by Gasteiger charge is -2.27. The van der Waals surface area contributed by atoms with Gasteiger partial charge >= 0.3 is 6.09 Å². The summed E-state index contributed by atoms with van der Waals surface area (Å²) in [5.74, 6) is 2.64. The predicted molar refractivity (Wildman–Crippen MR) is 85.1 cm³/mol. The van der Waals surface area contributed by atoms with E-state index in [-0.39, 0.29) is 12.7 Å². The number of benzene rings is 1. The molecule has 0 radical (unpaired) electrons. The number of amides is 1. The van der Waals surface area contributed by atoms with Gasteiger partial charge in [-0.25, -0.2) is 4.79 Å². The van der Waals surface area contributed by atoms with Gasteiger partial charge in [-0.05, 0) is 12.0 Å². The van der Waals surface area contributed by atoms with E-state index in [2.05, 4.69) is 12.5 Å². The predicted octanol–water partition coefficient (Wildman–Crippen LogP) is 2.99. The van der Waals surface area contributed by atoms with Crippen LogP contribution in [0, 0.1) is 12.3 Å². The van der Waals surface area contributed by atoms with Crippen molar-refractivity contribution in [3.63, 3.8) is 0 Å². The number of hydrogen-bond donors (Lipinski definition) is 0. The Kier molecular flexibility index (Phi) is 5.62. The summed E-state index contributed by atoms with van der Waals surface area (Å²) in [4.78, 5) is 13.8. The van der Waals surface area contributed by atoms with E-state index in [4.69, 9.17) is 15.9 Å². The van der Waals surface area contributed by atoms with E-state index in [1.807, 2.05) is 30.3 Å². The molecule has 2 rings (SSSR count). The van der Waals surface area contributed by atoms with Crippen LogP contribution in [0.3, 0.4) is 0 Å². The minimum Gasteiger partial charge on any atom is -0.445 e. The molecule has 22 heavy (non-hydrogen) atoms. The summed E-state index contributed by atoms with van der Waals surface area (Å²) in [7, 11) is 0. The van der Waals surface area contributed by atoms with Crippen molar-refractivity contribution in [3.8, 4) is 12.3 Å². The molecule has 1 amide bonds. The zero-order valence-electron chi connectivity index (χ0n) is 12.7. The van der Waals surface area contributed by atoms with Gasteiger partial charge in [0, 0.05) is 13.0 Å². The number of carbonyl (C=O) groups is 1. The summed E-state index contributed by atoms with van der Waals surface area (Å²) in [6.45, 7) is 5.39. The third-order valence-electron chi connectivity index (χ3n) is 3.71. The molecule has 1 fully saturated rings. The number of hydrogen-bond acceptors (Lipinski definition) is 3. The molecule has 0 aliphatic carbocycles. The van der Waals surface area contributed by atoms with Crippen molar-refractivity contribution in [1.82, 2.24) is 4.90 Å². The van der Waals surface area contributed by atoms with Gasteiger partial charge in [0.25, 0.3) is 0 Å². The summed E-state index contributed by atoms with van der Waals surface area (Å²) in [5.41, 5.74) is 0.488. The normalized spacial score (nSPS) is 20.4. The van der Waals surface area contributed by atoms with Crippen molar-refractivity contribution >= 4 is 6.09 Å². The lowest BCUT2D eigenvalue weighted by atomic mass is 9.99. The minimum absolute atomic E-state index is 0.270. The summed E-state index contributed by atoms with van der Waals surface area (Å²) < 4.78 is 11.2. The van der Waals surface area contributed by atoms with Crippen molar-refractivity contribution in [2.45, 2.75) is 25.0 Å². The zero-order valence-corrected chi connectivity index (χ0v) is 12.7. The van der Waals surface area contributed by atoms with E-state index in [1.165, 1.54) is 0 Å². The Morgan fingerprint density at radius 2 is 2.23 bits per heavy atom.